The average molecular weight is 251 g/mol. The maximum Gasteiger partial charge on any atom is 0.239 e. The van der Waals surface area contributed by atoms with Gasteiger partial charge in [-0.05, 0) is 37.8 Å². The summed E-state index contributed by atoms with van der Waals surface area (Å²) in [5, 5.41) is 9.37. The maximum atomic E-state index is 9.37. The van der Waals surface area contributed by atoms with E-state index in [1.165, 1.54) is 12.8 Å². The number of nitrogen functional groups attached to an aromatic ring is 1. The lowest BCUT2D eigenvalue weighted by molar-refractivity contribution is 0.201. The van der Waals surface area contributed by atoms with Gasteiger partial charge in [0.15, 0.2) is 0 Å². The maximum absolute atomic E-state index is 9.37. The molecule has 5 nitrogen and oxygen atoms in total. The van der Waals surface area contributed by atoms with E-state index in [1.54, 1.807) is 13.0 Å². The van der Waals surface area contributed by atoms with Crippen molar-refractivity contribution in [2.75, 3.05) is 30.8 Å². The summed E-state index contributed by atoms with van der Waals surface area (Å²) in [6.45, 7) is 2.97. The Morgan fingerprint density at radius 3 is 2.89 bits per heavy atom. The van der Waals surface area contributed by atoms with Gasteiger partial charge in [-0.1, -0.05) is 0 Å². The molecular weight excluding hydrogens is 230 g/mol. The first-order valence-electron chi connectivity index (χ1n) is 6.34. The standard InChI is InChI=1S/C13H21N3O2/c1-9(17)7-16(2)12-6-5-11(14)13(15-12)18-8-10-3-4-10/h5-6,9-10,17H,3-4,7-8,14H2,1-2H3. The predicted octanol–water partition coefficient (Wildman–Crippen LogP) is 1.27. The summed E-state index contributed by atoms with van der Waals surface area (Å²) in [4.78, 5) is 6.28. The number of nitrogens with two attached hydrogens (primary N) is 1. The SMILES string of the molecule is CC(O)CN(C)c1ccc(N)c(OCC2CC2)n1. The smallest absolute Gasteiger partial charge is 0.239 e. The number of nitrogens with zero attached hydrogens (tertiary/aromatic N) is 2. The van der Waals surface area contributed by atoms with Crippen LogP contribution in [0.15, 0.2) is 12.1 Å². The fourth-order valence-electron chi connectivity index (χ4n) is 1.74. The van der Waals surface area contributed by atoms with Gasteiger partial charge in [0.05, 0.1) is 18.4 Å². The quantitative estimate of drug-likeness (QED) is 0.796. The topological polar surface area (TPSA) is 71.6 Å². The van der Waals surface area contributed by atoms with Crippen molar-refractivity contribution in [3.63, 3.8) is 0 Å². The monoisotopic (exact) mass is 251 g/mol. The third-order valence-electron chi connectivity index (χ3n) is 2.96. The van der Waals surface area contributed by atoms with Gasteiger partial charge in [0, 0.05) is 13.6 Å². The minimum absolute atomic E-state index is 0.398. The van der Waals surface area contributed by atoms with E-state index in [1.807, 2.05) is 18.0 Å². The van der Waals surface area contributed by atoms with Crippen molar-refractivity contribution in [3.05, 3.63) is 12.1 Å². The third kappa shape index (κ3) is 3.50. The van der Waals surface area contributed by atoms with Gasteiger partial charge in [0.25, 0.3) is 0 Å². The Hall–Kier alpha value is -1.49. The second-order valence-corrected chi connectivity index (χ2v) is 5.05. The molecule has 3 N–H and O–H groups in total. The summed E-state index contributed by atoms with van der Waals surface area (Å²) in [6, 6.07) is 3.63. The van der Waals surface area contributed by atoms with Crippen molar-refractivity contribution >= 4 is 11.5 Å². The Morgan fingerprint density at radius 1 is 1.56 bits per heavy atom. The first-order chi connectivity index (χ1) is 8.56. The van der Waals surface area contributed by atoms with E-state index in [-0.39, 0.29) is 0 Å². The van der Waals surface area contributed by atoms with E-state index >= 15 is 0 Å². The first-order valence-corrected chi connectivity index (χ1v) is 6.34. The fraction of sp³-hybridized carbons (Fsp3) is 0.615. The Morgan fingerprint density at radius 2 is 2.28 bits per heavy atom. The Bertz CT molecular complexity index is 405. The molecular formula is C13H21N3O2. The van der Waals surface area contributed by atoms with E-state index in [2.05, 4.69) is 4.98 Å². The number of hydrogen-bond donors (Lipinski definition) is 2. The van der Waals surface area contributed by atoms with Crippen molar-refractivity contribution in [1.29, 1.82) is 0 Å². The Kier molecular flexibility index (Phi) is 3.91. The second kappa shape index (κ2) is 5.44. The molecule has 1 aromatic heterocycles. The molecule has 0 aromatic carbocycles. The Labute approximate surface area is 108 Å². The molecule has 100 valence electrons. The number of aromatic nitrogens is 1. The minimum atomic E-state index is -0.398. The molecule has 1 saturated carbocycles. The van der Waals surface area contributed by atoms with Crippen LogP contribution in [0.5, 0.6) is 5.88 Å². The normalized spacial score (nSPS) is 16.4. The van der Waals surface area contributed by atoms with E-state index in [4.69, 9.17) is 10.5 Å². The average Bonchev–Trinajstić information content (AvgIpc) is 3.10. The van der Waals surface area contributed by atoms with Crippen LogP contribution in [0.25, 0.3) is 0 Å². The molecule has 0 saturated heterocycles. The highest BCUT2D eigenvalue weighted by Crippen LogP contribution is 2.31. The molecule has 0 bridgehead atoms. The Balaban J connectivity index is 2.03. The number of rotatable bonds is 6. The number of likely N-dealkylation sites (N-methyl/N-ethyl adjacent to an activating group) is 1. The summed E-state index contributed by atoms with van der Waals surface area (Å²) in [7, 11) is 1.88. The molecule has 5 heteroatoms. The van der Waals surface area contributed by atoms with E-state index in [0.717, 1.165) is 5.82 Å². The molecule has 0 amide bonds. The van der Waals surface area contributed by atoms with Crippen LogP contribution in [0, 0.1) is 5.92 Å². The summed E-state index contributed by atoms with van der Waals surface area (Å²) in [5.74, 6) is 1.93. The lowest BCUT2D eigenvalue weighted by Gasteiger charge is -2.20. The number of ether oxygens (including phenoxy) is 1. The van der Waals surface area contributed by atoms with Crippen LogP contribution in [-0.2, 0) is 0 Å². The van der Waals surface area contributed by atoms with Crippen LogP contribution >= 0.6 is 0 Å². The van der Waals surface area contributed by atoms with Crippen molar-refractivity contribution in [3.8, 4) is 5.88 Å². The summed E-state index contributed by atoms with van der Waals surface area (Å²) in [6.07, 6.45) is 2.08. The van der Waals surface area contributed by atoms with E-state index in [9.17, 15) is 5.11 Å². The number of hydrogen-bond acceptors (Lipinski definition) is 5. The summed E-state index contributed by atoms with van der Waals surface area (Å²) in [5.41, 5.74) is 6.40. The highest BCUT2D eigenvalue weighted by atomic mass is 16.5. The van der Waals surface area contributed by atoms with Gasteiger partial charge >= 0.3 is 0 Å². The lowest BCUT2D eigenvalue weighted by Crippen LogP contribution is -2.27. The number of anilines is 2. The first kappa shape index (κ1) is 13.0. The van der Waals surface area contributed by atoms with Crippen molar-refractivity contribution in [1.82, 2.24) is 4.98 Å². The molecule has 0 spiro atoms. The zero-order chi connectivity index (χ0) is 13.1. The van der Waals surface area contributed by atoms with Crippen molar-refractivity contribution in [2.24, 2.45) is 5.92 Å². The van der Waals surface area contributed by atoms with Crippen LogP contribution in [0.1, 0.15) is 19.8 Å². The fourth-order valence-corrected chi connectivity index (χ4v) is 1.74. The van der Waals surface area contributed by atoms with Gasteiger partial charge in [-0.15, -0.1) is 0 Å². The molecule has 0 aliphatic heterocycles. The van der Waals surface area contributed by atoms with Crippen LogP contribution in [0.2, 0.25) is 0 Å². The van der Waals surface area contributed by atoms with Gasteiger partial charge in [-0.3, -0.25) is 0 Å². The van der Waals surface area contributed by atoms with Crippen LogP contribution in [0.3, 0.4) is 0 Å². The molecule has 1 heterocycles. The van der Waals surface area contributed by atoms with Crippen molar-refractivity contribution in [2.45, 2.75) is 25.9 Å². The highest BCUT2D eigenvalue weighted by molar-refractivity contribution is 5.54. The molecule has 1 aliphatic carbocycles. The van der Waals surface area contributed by atoms with Gasteiger partial charge < -0.3 is 20.5 Å². The third-order valence-corrected chi connectivity index (χ3v) is 2.96. The van der Waals surface area contributed by atoms with Gasteiger partial charge in [0.1, 0.15) is 5.82 Å². The molecule has 1 unspecified atom stereocenters. The molecule has 1 fully saturated rings. The number of aliphatic hydroxyl groups is 1. The number of pyridine rings is 1. The van der Waals surface area contributed by atoms with Gasteiger partial charge in [0.2, 0.25) is 5.88 Å². The van der Waals surface area contributed by atoms with Crippen LogP contribution < -0.4 is 15.4 Å². The highest BCUT2D eigenvalue weighted by Gasteiger charge is 2.22. The summed E-state index contributed by atoms with van der Waals surface area (Å²) >= 11 is 0. The zero-order valence-corrected chi connectivity index (χ0v) is 11.0. The van der Waals surface area contributed by atoms with Gasteiger partial charge in [-0.25, -0.2) is 0 Å². The minimum Gasteiger partial charge on any atom is -0.476 e. The second-order valence-electron chi connectivity index (χ2n) is 5.05. The molecule has 2 rings (SSSR count). The predicted molar refractivity (Wildman–Crippen MR) is 71.8 cm³/mol. The molecule has 1 atom stereocenters. The molecule has 0 radical (unpaired) electrons. The number of aliphatic hydroxyl groups excluding tert-OH is 1. The molecule has 18 heavy (non-hydrogen) atoms. The van der Waals surface area contributed by atoms with Crippen molar-refractivity contribution < 1.29 is 9.84 Å². The van der Waals surface area contributed by atoms with Crippen LogP contribution in [-0.4, -0.2) is 36.4 Å². The lowest BCUT2D eigenvalue weighted by atomic mass is 10.3. The largest absolute Gasteiger partial charge is 0.476 e. The zero-order valence-electron chi connectivity index (χ0n) is 11.0. The summed E-state index contributed by atoms with van der Waals surface area (Å²) < 4.78 is 5.63. The van der Waals surface area contributed by atoms with E-state index in [0.29, 0.717) is 30.6 Å². The van der Waals surface area contributed by atoms with Gasteiger partial charge in [-0.2, -0.15) is 4.98 Å². The molecule has 1 aromatic rings. The molecule has 1 aliphatic rings. The van der Waals surface area contributed by atoms with E-state index < -0.39 is 6.10 Å². The van der Waals surface area contributed by atoms with Crippen LogP contribution in [0.4, 0.5) is 11.5 Å².